The number of nitrogens with zero attached hydrogens (tertiary/aromatic N) is 1. The quantitative estimate of drug-likeness (QED) is 0.343. The summed E-state index contributed by atoms with van der Waals surface area (Å²) < 4.78 is 34.4. The predicted octanol–water partition coefficient (Wildman–Crippen LogP) is -0.678. The summed E-state index contributed by atoms with van der Waals surface area (Å²) in [7, 11) is -2.94. The first kappa shape index (κ1) is 21.6. The molecule has 11 heteroatoms. The van der Waals surface area contributed by atoms with E-state index in [2.05, 4.69) is 0 Å². The summed E-state index contributed by atoms with van der Waals surface area (Å²) in [6.07, 6.45) is -1.20. The van der Waals surface area contributed by atoms with Gasteiger partial charge in [-0.05, 0) is 34.6 Å². The van der Waals surface area contributed by atoms with Gasteiger partial charge in [0.05, 0.1) is 5.41 Å². The number of β-lactam (4-membered cyclic amide) rings is 1. The largest absolute Gasteiger partial charge is 0.479 e. The van der Waals surface area contributed by atoms with Crippen molar-refractivity contribution in [3.05, 3.63) is 0 Å². The molecule has 1 amide bonds. The first-order valence-corrected chi connectivity index (χ1v) is 9.89. The fourth-order valence-corrected chi connectivity index (χ4v) is 6.09. The molecule has 4 atom stereocenters. The summed E-state index contributed by atoms with van der Waals surface area (Å²) in [6.45, 7) is 6.35. The number of carboxylic acid groups (broad SMARTS) is 1. The standard InChI is InChI=1S/C16H26N2O8S/c1-14(2,3)13(22)26-7-16(12(20)21)15(4,5)27(23,24)11-8(9(17)25-6)10(19)18(11)16/h8-9,11H,7,17H2,1-6H3,(H,20,21)/t8-,9?,11+,16-/m0/s1. The zero-order valence-electron chi connectivity index (χ0n) is 16.2. The third-order valence-corrected chi connectivity index (χ3v) is 8.43. The van der Waals surface area contributed by atoms with Crippen LogP contribution in [0.25, 0.3) is 0 Å². The number of esters is 1. The number of carboxylic acids is 1. The molecule has 0 spiro atoms. The average molecular weight is 406 g/mol. The number of amides is 1. The maximum atomic E-state index is 13.1. The predicted molar refractivity (Wildman–Crippen MR) is 92.9 cm³/mol. The van der Waals surface area contributed by atoms with Gasteiger partial charge in [0, 0.05) is 7.11 Å². The van der Waals surface area contributed by atoms with E-state index >= 15 is 0 Å². The number of sulfone groups is 1. The average Bonchev–Trinajstić information content (AvgIpc) is 2.64. The molecule has 0 aromatic rings. The molecule has 10 nitrogen and oxygen atoms in total. The van der Waals surface area contributed by atoms with Crippen LogP contribution in [-0.2, 0) is 33.7 Å². The Hall–Kier alpha value is -1.72. The number of aliphatic carboxylic acids is 1. The van der Waals surface area contributed by atoms with E-state index in [9.17, 15) is 27.9 Å². The molecule has 0 aromatic heterocycles. The second-order valence-electron chi connectivity index (χ2n) is 8.37. The van der Waals surface area contributed by atoms with Crippen LogP contribution < -0.4 is 5.73 Å². The lowest BCUT2D eigenvalue weighted by Crippen LogP contribution is -2.74. The Morgan fingerprint density at radius 3 is 2.26 bits per heavy atom. The van der Waals surface area contributed by atoms with Gasteiger partial charge in [-0.1, -0.05) is 0 Å². The van der Waals surface area contributed by atoms with Gasteiger partial charge < -0.3 is 25.2 Å². The van der Waals surface area contributed by atoms with Crippen molar-refractivity contribution in [2.24, 2.45) is 17.1 Å². The molecule has 154 valence electrons. The molecule has 2 aliphatic rings. The van der Waals surface area contributed by atoms with Gasteiger partial charge in [-0.15, -0.1) is 0 Å². The molecule has 2 heterocycles. The molecule has 2 rings (SSSR count). The maximum Gasteiger partial charge on any atom is 0.334 e. The number of ether oxygens (including phenoxy) is 2. The molecule has 0 aliphatic carbocycles. The van der Waals surface area contributed by atoms with Crippen LogP contribution in [0.15, 0.2) is 0 Å². The molecule has 3 N–H and O–H groups in total. The van der Waals surface area contributed by atoms with Crippen molar-refractivity contribution in [1.82, 2.24) is 4.90 Å². The van der Waals surface area contributed by atoms with Crippen molar-refractivity contribution >= 4 is 27.7 Å². The molecular weight excluding hydrogens is 380 g/mol. The minimum absolute atomic E-state index is 0.710. The van der Waals surface area contributed by atoms with Gasteiger partial charge >= 0.3 is 11.9 Å². The van der Waals surface area contributed by atoms with E-state index < -0.39 is 67.5 Å². The molecule has 27 heavy (non-hydrogen) atoms. The van der Waals surface area contributed by atoms with Crippen LogP contribution in [0.2, 0.25) is 0 Å². The third kappa shape index (κ3) is 2.59. The van der Waals surface area contributed by atoms with Gasteiger partial charge in [0.1, 0.15) is 23.5 Å². The first-order chi connectivity index (χ1) is 12.1. The molecule has 1 unspecified atom stereocenters. The zero-order valence-corrected chi connectivity index (χ0v) is 17.0. The van der Waals surface area contributed by atoms with Crippen molar-refractivity contribution in [2.45, 2.75) is 56.5 Å². The number of rotatable bonds is 5. The smallest absolute Gasteiger partial charge is 0.334 e. The van der Waals surface area contributed by atoms with E-state index in [1.165, 1.54) is 21.0 Å². The fraction of sp³-hybridized carbons (Fsp3) is 0.812. The monoisotopic (exact) mass is 406 g/mol. The Kier molecular flexibility index (Phi) is 4.91. The normalized spacial score (nSPS) is 32.4. The number of hydrogen-bond donors (Lipinski definition) is 2. The Morgan fingerprint density at radius 2 is 1.85 bits per heavy atom. The minimum atomic E-state index is -4.17. The summed E-state index contributed by atoms with van der Waals surface area (Å²) in [5.74, 6) is -4.27. The third-order valence-electron chi connectivity index (χ3n) is 5.53. The van der Waals surface area contributed by atoms with E-state index in [4.69, 9.17) is 15.2 Å². The summed E-state index contributed by atoms with van der Waals surface area (Å²) >= 11 is 0. The van der Waals surface area contributed by atoms with Gasteiger partial charge in [-0.2, -0.15) is 0 Å². The van der Waals surface area contributed by atoms with E-state index in [1.807, 2.05) is 0 Å². The Morgan fingerprint density at radius 1 is 1.33 bits per heavy atom. The molecule has 2 fully saturated rings. The number of carbonyl (C=O) groups is 3. The van der Waals surface area contributed by atoms with Gasteiger partial charge in [0.15, 0.2) is 20.8 Å². The lowest BCUT2D eigenvalue weighted by Gasteiger charge is -2.49. The van der Waals surface area contributed by atoms with Gasteiger partial charge in [0.25, 0.3) is 0 Å². The lowest BCUT2D eigenvalue weighted by molar-refractivity contribution is -0.189. The Balaban J connectivity index is 2.56. The van der Waals surface area contributed by atoms with Crippen molar-refractivity contribution < 1.29 is 37.4 Å². The number of nitrogens with two attached hydrogens (primary N) is 1. The molecular formula is C16H26N2O8S. The molecule has 2 aliphatic heterocycles. The molecule has 0 radical (unpaired) electrons. The highest BCUT2D eigenvalue weighted by Crippen LogP contribution is 2.55. The van der Waals surface area contributed by atoms with E-state index in [1.54, 1.807) is 20.8 Å². The summed E-state index contributed by atoms with van der Waals surface area (Å²) in [5, 5.41) is 8.50. The highest BCUT2D eigenvalue weighted by molar-refractivity contribution is 7.94. The minimum Gasteiger partial charge on any atom is -0.479 e. The van der Waals surface area contributed by atoms with Crippen LogP contribution in [0.5, 0.6) is 0 Å². The van der Waals surface area contributed by atoms with Crippen molar-refractivity contribution in [3.63, 3.8) is 0 Å². The number of carbonyl (C=O) groups excluding carboxylic acids is 2. The second kappa shape index (κ2) is 6.14. The lowest BCUT2D eigenvalue weighted by atomic mass is 9.79. The van der Waals surface area contributed by atoms with Crippen molar-refractivity contribution in [3.8, 4) is 0 Å². The Bertz CT molecular complexity index is 785. The summed E-state index contributed by atoms with van der Waals surface area (Å²) in [5.41, 5.74) is 2.52. The highest BCUT2D eigenvalue weighted by atomic mass is 32.2. The van der Waals surface area contributed by atoms with E-state index in [-0.39, 0.29) is 0 Å². The number of fused-ring (bicyclic) bond motifs is 1. The van der Waals surface area contributed by atoms with Gasteiger partial charge in [-0.3, -0.25) is 9.59 Å². The number of methoxy groups -OCH3 is 1. The first-order valence-electron chi connectivity index (χ1n) is 8.34. The van der Waals surface area contributed by atoms with Crippen molar-refractivity contribution in [2.75, 3.05) is 13.7 Å². The summed E-state index contributed by atoms with van der Waals surface area (Å²) in [4.78, 5) is 37.9. The van der Waals surface area contributed by atoms with E-state index in [0.717, 1.165) is 4.90 Å². The fourth-order valence-electron chi connectivity index (χ4n) is 3.55. The molecule has 0 aromatic carbocycles. The van der Waals surface area contributed by atoms with Gasteiger partial charge in [-0.25, -0.2) is 13.2 Å². The molecule has 0 saturated carbocycles. The maximum absolute atomic E-state index is 13.1. The van der Waals surface area contributed by atoms with Crippen LogP contribution in [0.1, 0.15) is 34.6 Å². The molecule has 0 bridgehead atoms. The summed E-state index contributed by atoms with van der Waals surface area (Å²) in [6, 6.07) is 0. The Labute approximate surface area is 157 Å². The van der Waals surface area contributed by atoms with Crippen LogP contribution in [-0.4, -0.2) is 71.9 Å². The topological polar surface area (TPSA) is 153 Å². The van der Waals surface area contributed by atoms with Crippen molar-refractivity contribution in [1.29, 1.82) is 0 Å². The van der Waals surface area contributed by atoms with Crippen LogP contribution in [0, 0.1) is 11.3 Å². The van der Waals surface area contributed by atoms with Crippen LogP contribution >= 0.6 is 0 Å². The SMILES string of the molecule is COC(N)[C@H]1C(=O)N2[C@@H]1S(=O)(=O)C(C)(C)[C@]2(COC(=O)C(C)(C)C)C(=O)O. The van der Waals surface area contributed by atoms with Crippen LogP contribution in [0.3, 0.4) is 0 Å². The van der Waals surface area contributed by atoms with Gasteiger partial charge in [0.2, 0.25) is 5.91 Å². The molecule has 2 saturated heterocycles. The van der Waals surface area contributed by atoms with E-state index in [0.29, 0.717) is 0 Å². The second-order valence-corrected chi connectivity index (χ2v) is 11.0. The highest BCUT2D eigenvalue weighted by Gasteiger charge is 2.81. The zero-order chi connectivity index (χ0) is 21.2. The number of hydrogen-bond acceptors (Lipinski definition) is 8. The van der Waals surface area contributed by atoms with Crippen LogP contribution in [0.4, 0.5) is 0 Å².